The van der Waals surface area contributed by atoms with Crippen molar-refractivity contribution in [2.75, 3.05) is 0 Å². The van der Waals surface area contributed by atoms with E-state index in [0.29, 0.717) is 16.9 Å². The highest BCUT2D eigenvalue weighted by Gasteiger charge is 2.43. The second kappa shape index (κ2) is 4.65. The van der Waals surface area contributed by atoms with Crippen LogP contribution in [-0.2, 0) is 0 Å². The molecule has 118 valence electrons. The van der Waals surface area contributed by atoms with Crippen LogP contribution < -0.4 is 9.47 Å². The van der Waals surface area contributed by atoms with Gasteiger partial charge in [-0.3, -0.25) is 0 Å². The van der Waals surface area contributed by atoms with E-state index in [9.17, 15) is 13.2 Å². The van der Waals surface area contributed by atoms with Crippen LogP contribution in [0.4, 0.5) is 13.2 Å². The summed E-state index contributed by atoms with van der Waals surface area (Å²) in [6, 6.07) is 8.88. The standard InChI is InChI=1S/C16H11F3N2O2/c1-8(15-20-11-4-3-10(17)7-12(11)21-15)9-2-5-13-14(6-9)23-16(18,19)22-13/h2-8H,1H3,(H,20,21). The van der Waals surface area contributed by atoms with Crippen molar-refractivity contribution in [3.8, 4) is 11.5 Å². The summed E-state index contributed by atoms with van der Waals surface area (Å²) in [6.07, 6.45) is -3.64. The quantitative estimate of drug-likeness (QED) is 0.771. The lowest BCUT2D eigenvalue weighted by Gasteiger charge is -2.09. The van der Waals surface area contributed by atoms with Crippen LogP contribution >= 0.6 is 0 Å². The van der Waals surface area contributed by atoms with Crippen molar-refractivity contribution in [3.05, 3.63) is 53.6 Å². The van der Waals surface area contributed by atoms with Gasteiger partial charge in [0.25, 0.3) is 0 Å². The fourth-order valence-electron chi connectivity index (χ4n) is 2.60. The highest BCUT2D eigenvalue weighted by atomic mass is 19.3. The number of hydrogen-bond acceptors (Lipinski definition) is 3. The van der Waals surface area contributed by atoms with Gasteiger partial charge in [0, 0.05) is 12.0 Å². The predicted octanol–water partition coefficient (Wildman–Crippen LogP) is 4.18. The lowest BCUT2D eigenvalue weighted by atomic mass is 10.00. The van der Waals surface area contributed by atoms with Crippen LogP contribution in [0.3, 0.4) is 0 Å². The minimum absolute atomic E-state index is 0.00220. The Balaban J connectivity index is 1.70. The Hall–Kier alpha value is -2.70. The summed E-state index contributed by atoms with van der Waals surface area (Å²) in [6.45, 7) is 1.86. The number of alkyl halides is 2. The van der Waals surface area contributed by atoms with Crippen LogP contribution in [0.15, 0.2) is 36.4 Å². The number of imidazole rings is 1. The molecule has 0 fully saturated rings. The van der Waals surface area contributed by atoms with Gasteiger partial charge in [0.2, 0.25) is 0 Å². The molecule has 4 nitrogen and oxygen atoms in total. The van der Waals surface area contributed by atoms with E-state index in [1.54, 1.807) is 12.1 Å². The van der Waals surface area contributed by atoms with E-state index in [1.807, 2.05) is 6.92 Å². The number of ether oxygens (including phenoxy) is 2. The maximum atomic E-state index is 13.2. The van der Waals surface area contributed by atoms with E-state index in [4.69, 9.17) is 0 Å². The minimum Gasteiger partial charge on any atom is -0.395 e. The van der Waals surface area contributed by atoms with Gasteiger partial charge in [-0.15, -0.1) is 8.78 Å². The highest BCUT2D eigenvalue weighted by Crippen LogP contribution is 2.42. The molecule has 2 aromatic carbocycles. The maximum absolute atomic E-state index is 13.2. The summed E-state index contributed by atoms with van der Waals surface area (Å²) in [7, 11) is 0. The molecule has 0 spiro atoms. The van der Waals surface area contributed by atoms with Gasteiger partial charge in [0.15, 0.2) is 11.5 Å². The second-order valence-corrected chi connectivity index (χ2v) is 5.38. The monoisotopic (exact) mass is 320 g/mol. The van der Waals surface area contributed by atoms with Crippen molar-refractivity contribution in [1.82, 2.24) is 9.97 Å². The van der Waals surface area contributed by atoms with Gasteiger partial charge < -0.3 is 14.5 Å². The Labute approximate surface area is 128 Å². The summed E-state index contributed by atoms with van der Waals surface area (Å²) in [5.41, 5.74) is 1.95. The van der Waals surface area contributed by atoms with Gasteiger partial charge in [-0.05, 0) is 29.8 Å². The molecule has 4 rings (SSSR count). The number of nitrogens with one attached hydrogen (secondary N) is 1. The first-order valence-electron chi connectivity index (χ1n) is 6.96. The molecule has 1 atom stereocenters. The zero-order valence-electron chi connectivity index (χ0n) is 11.9. The Morgan fingerprint density at radius 1 is 1.09 bits per heavy atom. The van der Waals surface area contributed by atoms with Crippen LogP contribution in [0, 0.1) is 5.82 Å². The summed E-state index contributed by atoms with van der Waals surface area (Å²) in [5.74, 6) is 0.0115. The number of nitrogens with zero attached hydrogens (tertiary/aromatic N) is 1. The van der Waals surface area contributed by atoms with E-state index >= 15 is 0 Å². The summed E-state index contributed by atoms with van der Waals surface area (Å²) >= 11 is 0. The van der Waals surface area contributed by atoms with Gasteiger partial charge in [-0.1, -0.05) is 13.0 Å². The molecule has 1 aromatic heterocycles. The minimum atomic E-state index is -3.64. The molecule has 0 radical (unpaired) electrons. The third-order valence-electron chi connectivity index (χ3n) is 3.80. The van der Waals surface area contributed by atoms with Crippen molar-refractivity contribution in [2.45, 2.75) is 19.1 Å². The van der Waals surface area contributed by atoms with Crippen LogP contribution in [0.1, 0.15) is 24.2 Å². The van der Waals surface area contributed by atoms with Crippen molar-refractivity contribution in [3.63, 3.8) is 0 Å². The predicted molar refractivity (Wildman–Crippen MR) is 76.2 cm³/mol. The second-order valence-electron chi connectivity index (χ2n) is 5.38. The van der Waals surface area contributed by atoms with Gasteiger partial charge in [0.1, 0.15) is 11.6 Å². The van der Waals surface area contributed by atoms with Gasteiger partial charge in [0.05, 0.1) is 11.0 Å². The number of halogens is 3. The Morgan fingerprint density at radius 3 is 2.70 bits per heavy atom. The largest absolute Gasteiger partial charge is 0.586 e. The Morgan fingerprint density at radius 2 is 1.87 bits per heavy atom. The van der Waals surface area contributed by atoms with Crippen molar-refractivity contribution < 1.29 is 22.6 Å². The molecule has 0 saturated carbocycles. The van der Waals surface area contributed by atoms with Crippen molar-refractivity contribution in [2.24, 2.45) is 0 Å². The van der Waals surface area contributed by atoms with Gasteiger partial charge in [-0.25, -0.2) is 9.37 Å². The maximum Gasteiger partial charge on any atom is 0.586 e. The first kappa shape index (κ1) is 13.9. The van der Waals surface area contributed by atoms with E-state index in [1.165, 1.54) is 24.3 Å². The molecule has 3 aromatic rings. The molecular formula is C16H11F3N2O2. The molecule has 0 saturated heterocycles. The molecule has 0 amide bonds. The average Bonchev–Trinajstić information content (AvgIpc) is 3.03. The number of benzene rings is 2. The summed E-state index contributed by atoms with van der Waals surface area (Å²) in [4.78, 5) is 7.46. The van der Waals surface area contributed by atoms with Crippen LogP contribution in [0.25, 0.3) is 11.0 Å². The molecule has 1 aliphatic rings. The highest BCUT2D eigenvalue weighted by molar-refractivity contribution is 5.75. The van der Waals surface area contributed by atoms with Gasteiger partial charge in [-0.2, -0.15) is 0 Å². The van der Waals surface area contributed by atoms with Crippen LogP contribution in [-0.4, -0.2) is 16.3 Å². The molecule has 7 heteroatoms. The van der Waals surface area contributed by atoms with E-state index in [-0.39, 0.29) is 23.2 Å². The molecule has 1 N–H and O–H groups in total. The molecular weight excluding hydrogens is 309 g/mol. The zero-order chi connectivity index (χ0) is 16.2. The molecule has 0 aliphatic carbocycles. The summed E-state index contributed by atoms with van der Waals surface area (Å²) in [5, 5.41) is 0. The van der Waals surface area contributed by atoms with Crippen LogP contribution in [0.2, 0.25) is 0 Å². The molecule has 23 heavy (non-hydrogen) atoms. The number of hydrogen-bond donors (Lipinski definition) is 1. The van der Waals surface area contributed by atoms with E-state index in [0.717, 1.165) is 5.56 Å². The third-order valence-corrected chi connectivity index (χ3v) is 3.80. The lowest BCUT2D eigenvalue weighted by Crippen LogP contribution is -2.25. The van der Waals surface area contributed by atoms with Gasteiger partial charge >= 0.3 is 6.29 Å². The van der Waals surface area contributed by atoms with Crippen molar-refractivity contribution >= 4 is 11.0 Å². The molecule has 0 bridgehead atoms. The number of H-pyrrole nitrogens is 1. The van der Waals surface area contributed by atoms with Crippen LogP contribution in [0.5, 0.6) is 11.5 Å². The summed E-state index contributed by atoms with van der Waals surface area (Å²) < 4.78 is 48.2. The first-order chi connectivity index (χ1) is 10.9. The molecule has 2 heterocycles. The Kier molecular flexibility index (Phi) is 2.81. The lowest BCUT2D eigenvalue weighted by molar-refractivity contribution is -0.286. The number of fused-ring (bicyclic) bond motifs is 2. The molecule has 1 unspecified atom stereocenters. The third kappa shape index (κ3) is 2.38. The number of aromatic nitrogens is 2. The zero-order valence-corrected chi connectivity index (χ0v) is 11.9. The number of rotatable bonds is 2. The molecule has 1 aliphatic heterocycles. The van der Waals surface area contributed by atoms with Crippen molar-refractivity contribution in [1.29, 1.82) is 0 Å². The fourth-order valence-corrected chi connectivity index (χ4v) is 2.60. The number of aromatic amines is 1. The SMILES string of the molecule is CC(c1ccc2c(c1)OC(F)(F)O2)c1nc2cc(F)ccc2[nH]1. The Bertz CT molecular complexity index is 907. The normalized spacial score (nSPS) is 16.7. The average molecular weight is 320 g/mol. The fraction of sp³-hybridized carbons (Fsp3) is 0.188. The smallest absolute Gasteiger partial charge is 0.395 e. The topological polar surface area (TPSA) is 47.1 Å². The van der Waals surface area contributed by atoms with E-state index in [2.05, 4.69) is 19.4 Å². The first-order valence-corrected chi connectivity index (χ1v) is 6.96. The van der Waals surface area contributed by atoms with E-state index < -0.39 is 6.29 Å².